The van der Waals surface area contributed by atoms with Crippen molar-refractivity contribution < 1.29 is 19.0 Å². The summed E-state index contributed by atoms with van der Waals surface area (Å²) in [5, 5.41) is 7.68. The highest BCUT2D eigenvalue weighted by molar-refractivity contribution is 5.76. The van der Waals surface area contributed by atoms with E-state index in [0.29, 0.717) is 38.3 Å². The molecule has 2 aromatic heterocycles. The minimum Gasteiger partial charge on any atom is -0.454 e. The lowest BCUT2D eigenvalue weighted by atomic mass is 10.1. The number of nitrogens with one attached hydrogen (secondary N) is 1. The molecule has 0 radical (unpaired) electrons. The van der Waals surface area contributed by atoms with Gasteiger partial charge in [-0.1, -0.05) is 6.07 Å². The number of fused-ring (bicyclic) bond motifs is 1. The highest BCUT2D eigenvalue weighted by Gasteiger charge is 2.18. The van der Waals surface area contributed by atoms with Gasteiger partial charge in [0.05, 0.1) is 18.9 Å². The summed E-state index contributed by atoms with van der Waals surface area (Å²) in [5.41, 5.74) is 3.91. The van der Waals surface area contributed by atoms with Gasteiger partial charge >= 0.3 is 0 Å². The quantitative estimate of drug-likeness (QED) is 0.567. The molecule has 0 aliphatic carbocycles. The largest absolute Gasteiger partial charge is 0.454 e. The van der Waals surface area contributed by atoms with Crippen molar-refractivity contribution in [2.24, 2.45) is 0 Å². The molecule has 34 heavy (non-hydrogen) atoms. The van der Waals surface area contributed by atoms with Gasteiger partial charge in [-0.15, -0.1) is 0 Å². The predicted octanol–water partition coefficient (Wildman–Crippen LogP) is 2.09. The zero-order chi connectivity index (χ0) is 23.5. The van der Waals surface area contributed by atoms with Crippen LogP contribution in [0.15, 0.2) is 30.6 Å². The van der Waals surface area contributed by atoms with E-state index in [4.69, 9.17) is 19.3 Å². The van der Waals surface area contributed by atoms with Crippen molar-refractivity contribution in [1.29, 1.82) is 0 Å². The van der Waals surface area contributed by atoms with Crippen molar-refractivity contribution in [2.75, 3.05) is 38.0 Å². The number of aromatic nitrogens is 4. The Morgan fingerprint density at radius 3 is 2.71 bits per heavy atom. The van der Waals surface area contributed by atoms with E-state index in [1.54, 1.807) is 6.33 Å². The molecule has 0 saturated carbocycles. The van der Waals surface area contributed by atoms with Crippen LogP contribution in [0.3, 0.4) is 0 Å². The van der Waals surface area contributed by atoms with E-state index in [1.165, 1.54) is 0 Å². The Morgan fingerprint density at radius 2 is 1.85 bits per heavy atom. The SMILES string of the molecule is Cc1nn(-c2cc(N3CCOCC3)ncn2)c(C)c1CCC(=O)NCc1ccc2c(c1)OCO2. The number of anilines is 1. The highest BCUT2D eigenvalue weighted by Crippen LogP contribution is 2.32. The molecule has 1 amide bonds. The summed E-state index contributed by atoms with van der Waals surface area (Å²) >= 11 is 0. The molecule has 1 aromatic carbocycles. The second kappa shape index (κ2) is 9.68. The fourth-order valence-electron chi connectivity index (χ4n) is 4.26. The minimum absolute atomic E-state index is 0.0131. The number of hydrogen-bond donors (Lipinski definition) is 1. The Bertz CT molecular complexity index is 1190. The molecule has 178 valence electrons. The molecule has 4 heterocycles. The molecule has 0 bridgehead atoms. The van der Waals surface area contributed by atoms with Gasteiger partial charge in [-0.3, -0.25) is 4.79 Å². The van der Waals surface area contributed by atoms with Crippen LogP contribution in [0.4, 0.5) is 5.82 Å². The third kappa shape index (κ3) is 4.67. The van der Waals surface area contributed by atoms with Crippen LogP contribution in [-0.4, -0.2) is 58.8 Å². The number of benzene rings is 1. The van der Waals surface area contributed by atoms with Crippen molar-refractivity contribution >= 4 is 11.7 Å². The summed E-state index contributed by atoms with van der Waals surface area (Å²) in [7, 11) is 0. The van der Waals surface area contributed by atoms with E-state index in [-0.39, 0.29) is 12.7 Å². The fourth-order valence-corrected chi connectivity index (χ4v) is 4.26. The molecule has 5 rings (SSSR count). The lowest BCUT2D eigenvalue weighted by Gasteiger charge is -2.27. The smallest absolute Gasteiger partial charge is 0.231 e. The van der Waals surface area contributed by atoms with Gasteiger partial charge in [-0.2, -0.15) is 5.10 Å². The third-order valence-corrected chi connectivity index (χ3v) is 6.16. The van der Waals surface area contributed by atoms with Crippen LogP contribution >= 0.6 is 0 Å². The molecule has 0 spiro atoms. The number of carbonyl (C=O) groups is 1. The van der Waals surface area contributed by atoms with Crippen molar-refractivity contribution in [3.63, 3.8) is 0 Å². The van der Waals surface area contributed by atoms with E-state index < -0.39 is 0 Å². The summed E-state index contributed by atoms with van der Waals surface area (Å²) in [6.07, 6.45) is 2.55. The van der Waals surface area contributed by atoms with E-state index in [0.717, 1.165) is 53.0 Å². The first-order valence-corrected chi connectivity index (χ1v) is 11.4. The van der Waals surface area contributed by atoms with Crippen LogP contribution in [0.25, 0.3) is 5.82 Å². The molecule has 1 saturated heterocycles. The number of amides is 1. The molecule has 3 aromatic rings. The van der Waals surface area contributed by atoms with Crippen LogP contribution in [0.1, 0.15) is 28.9 Å². The summed E-state index contributed by atoms with van der Waals surface area (Å²) in [5.74, 6) is 3.02. The van der Waals surface area contributed by atoms with Gasteiger partial charge in [0, 0.05) is 37.8 Å². The topological polar surface area (TPSA) is 104 Å². The molecule has 0 unspecified atom stereocenters. The predicted molar refractivity (Wildman–Crippen MR) is 124 cm³/mol. The van der Waals surface area contributed by atoms with Crippen molar-refractivity contribution in [2.45, 2.75) is 33.2 Å². The fraction of sp³-hybridized carbons (Fsp3) is 0.417. The maximum atomic E-state index is 12.5. The molecule has 2 aliphatic heterocycles. The third-order valence-electron chi connectivity index (χ3n) is 6.16. The van der Waals surface area contributed by atoms with Crippen LogP contribution in [0.5, 0.6) is 11.5 Å². The van der Waals surface area contributed by atoms with Gasteiger partial charge < -0.3 is 24.4 Å². The molecule has 1 N–H and O–H groups in total. The Balaban J connectivity index is 1.21. The molecule has 0 atom stereocenters. The maximum Gasteiger partial charge on any atom is 0.231 e. The Labute approximate surface area is 197 Å². The first kappa shape index (κ1) is 22.1. The van der Waals surface area contributed by atoms with E-state index in [9.17, 15) is 4.79 Å². The number of ether oxygens (including phenoxy) is 3. The van der Waals surface area contributed by atoms with Gasteiger partial charge in [0.15, 0.2) is 17.3 Å². The number of hydrogen-bond acceptors (Lipinski definition) is 8. The Kier molecular flexibility index (Phi) is 6.31. The van der Waals surface area contributed by atoms with Gasteiger partial charge in [0.25, 0.3) is 0 Å². The average Bonchev–Trinajstić information content (AvgIpc) is 3.45. The van der Waals surface area contributed by atoms with Gasteiger partial charge in [0.1, 0.15) is 12.1 Å². The standard InChI is InChI=1S/C24H28N6O4/c1-16-19(4-6-24(31)25-13-18-3-5-20-21(11-18)34-15-33-20)17(2)30(28-16)23-12-22(26-14-27-23)29-7-9-32-10-8-29/h3,5,11-12,14H,4,6-10,13,15H2,1-2H3,(H,25,31). The summed E-state index contributed by atoms with van der Waals surface area (Å²) in [4.78, 5) is 23.6. The minimum atomic E-state index is -0.0131. The maximum absolute atomic E-state index is 12.5. The molecule has 10 nitrogen and oxygen atoms in total. The van der Waals surface area contributed by atoms with Gasteiger partial charge in [-0.05, 0) is 43.5 Å². The summed E-state index contributed by atoms with van der Waals surface area (Å²) < 4.78 is 18.0. The zero-order valence-corrected chi connectivity index (χ0v) is 19.4. The van der Waals surface area contributed by atoms with Gasteiger partial charge in [-0.25, -0.2) is 14.6 Å². The first-order valence-electron chi connectivity index (χ1n) is 11.4. The summed E-state index contributed by atoms with van der Waals surface area (Å²) in [6.45, 7) is 7.66. The molecular formula is C24H28N6O4. The Morgan fingerprint density at radius 1 is 1.06 bits per heavy atom. The monoisotopic (exact) mass is 464 g/mol. The molecule has 1 fully saturated rings. The second-order valence-electron chi connectivity index (χ2n) is 8.36. The lowest BCUT2D eigenvalue weighted by molar-refractivity contribution is -0.121. The molecular weight excluding hydrogens is 436 g/mol. The van der Waals surface area contributed by atoms with Crippen molar-refractivity contribution in [1.82, 2.24) is 25.1 Å². The van der Waals surface area contributed by atoms with Crippen LogP contribution in [-0.2, 0) is 22.5 Å². The number of morpholine rings is 1. The van der Waals surface area contributed by atoms with Crippen molar-refractivity contribution in [3.05, 3.63) is 53.1 Å². The lowest BCUT2D eigenvalue weighted by Crippen LogP contribution is -2.36. The zero-order valence-electron chi connectivity index (χ0n) is 19.4. The van der Waals surface area contributed by atoms with E-state index in [2.05, 4.69) is 20.2 Å². The first-order chi connectivity index (χ1) is 16.6. The number of aryl methyl sites for hydroxylation is 1. The highest BCUT2D eigenvalue weighted by atomic mass is 16.7. The van der Waals surface area contributed by atoms with E-state index in [1.807, 2.05) is 42.8 Å². The Hall–Kier alpha value is -3.66. The van der Waals surface area contributed by atoms with Crippen LogP contribution in [0.2, 0.25) is 0 Å². The van der Waals surface area contributed by atoms with Crippen molar-refractivity contribution in [3.8, 4) is 17.3 Å². The summed E-state index contributed by atoms with van der Waals surface area (Å²) in [6, 6.07) is 7.64. The van der Waals surface area contributed by atoms with Crippen LogP contribution in [0, 0.1) is 13.8 Å². The second-order valence-corrected chi connectivity index (χ2v) is 8.36. The number of nitrogens with zero attached hydrogens (tertiary/aromatic N) is 5. The normalized spacial score (nSPS) is 14.9. The molecule has 10 heteroatoms. The van der Waals surface area contributed by atoms with E-state index >= 15 is 0 Å². The number of carbonyl (C=O) groups excluding carboxylic acids is 1. The van der Waals surface area contributed by atoms with Crippen LogP contribution < -0.4 is 19.7 Å². The van der Waals surface area contributed by atoms with Gasteiger partial charge in [0.2, 0.25) is 12.7 Å². The average molecular weight is 465 g/mol. The molecule has 2 aliphatic rings. The number of rotatable bonds is 7.